The van der Waals surface area contributed by atoms with E-state index in [2.05, 4.69) is 5.32 Å². The largest absolute Gasteiger partial charge is 0.389 e. The highest BCUT2D eigenvalue weighted by Gasteiger charge is 2.35. The van der Waals surface area contributed by atoms with E-state index < -0.39 is 18.5 Å². The number of rotatable bonds is 4. The lowest BCUT2D eigenvalue weighted by molar-refractivity contribution is -0.143. The number of alkyl halides is 3. The summed E-state index contributed by atoms with van der Waals surface area (Å²) in [5, 5.41) is 2.84. The van der Waals surface area contributed by atoms with E-state index in [0.717, 1.165) is 16.8 Å². The molecule has 1 fully saturated rings. The van der Waals surface area contributed by atoms with Crippen LogP contribution in [0.15, 0.2) is 18.2 Å². The summed E-state index contributed by atoms with van der Waals surface area (Å²) in [4.78, 5) is 13.8. The molecule has 6 heteroatoms. The van der Waals surface area contributed by atoms with Crippen LogP contribution in [0.25, 0.3) is 0 Å². The fraction of sp³-hybridized carbons (Fsp3) is 0.562. The Hall–Kier alpha value is -1.56. The van der Waals surface area contributed by atoms with E-state index in [1.165, 1.54) is 0 Å². The average Bonchev–Trinajstić information content (AvgIpc) is 2.79. The minimum Gasteiger partial charge on any atom is -0.325 e. The molecular weight excluding hydrogens is 293 g/mol. The van der Waals surface area contributed by atoms with Crippen LogP contribution in [0.1, 0.15) is 24.0 Å². The van der Waals surface area contributed by atoms with Gasteiger partial charge in [-0.05, 0) is 49.9 Å². The second-order valence-electron chi connectivity index (χ2n) is 6.00. The van der Waals surface area contributed by atoms with Crippen molar-refractivity contribution >= 4 is 11.6 Å². The van der Waals surface area contributed by atoms with E-state index in [0.29, 0.717) is 19.5 Å². The number of aryl methyl sites for hydroxylation is 1. The van der Waals surface area contributed by atoms with Crippen molar-refractivity contribution in [1.29, 1.82) is 0 Å². The number of carbonyl (C=O) groups is 1. The van der Waals surface area contributed by atoms with Crippen molar-refractivity contribution in [1.82, 2.24) is 4.90 Å². The molecule has 1 saturated heterocycles. The topological polar surface area (TPSA) is 32.3 Å². The van der Waals surface area contributed by atoms with Crippen LogP contribution in [0.4, 0.5) is 18.9 Å². The summed E-state index contributed by atoms with van der Waals surface area (Å²) in [6.45, 7) is 4.91. The number of anilines is 1. The monoisotopic (exact) mass is 314 g/mol. The highest BCUT2D eigenvalue weighted by Crippen LogP contribution is 2.30. The summed E-state index contributed by atoms with van der Waals surface area (Å²) in [6.07, 6.45) is -4.39. The summed E-state index contributed by atoms with van der Waals surface area (Å²) >= 11 is 0. The predicted octanol–water partition coefficient (Wildman–Crippen LogP) is 3.52. The van der Waals surface area contributed by atoms with Gasteiger partial charge in [-0.25, -0.2) is 0 Å². The molecule has 1 aromatic carbocycles. The van der Waals surface area contributed by atoms with Crippen molar-refractivity contribution in [3.8, 4) is 0 Å². The molecule has 1 heterocycles. The van der Waals surface area contributed by atoms with Crippen LogP contribution in [0.2, 0.25) is 0 Å². The van der Waals surface area contributed by atoms with Gasteiger partial charge in [0.05, 0.1) is 6.54 Å². The lowest BCUT2D eigenvalue weighted by Crippen LogP contribution is -2.32. The number of nitrogens with zero attached hydrogens (tertiary/aromatic N) is 1. The average molecular weight is 314 g/mol. The Labute approximate surface area is 128 Å². The number of hydrogen-bond donors (Lipinski definition) is 1. The molecular formula is C16H21F3N2O. The first-order chi connectivity index (χ1) is 10.2. The SMILES string of the molecule is Cc1cccc(NC(=O)CN2CCC(CC(F)(F)F)C2)c1C. The molecule has 22 heavy (non-hydrogen) atoms. The van der Waals surface area contributed by atoms with Crippen LogP contribution in [-0.4, -0.2) is 36.6 Å². The Morgan fingerprint density at radius 1 is 1.36 bits per heavy atom. The molecule has 1 aromatic rings. The van der Waals surface area contributed by atoms with Crippen LogP contribution in [0.5, 0.6) is 0 Å². The first kappa shape index (κ1) is 16.8. The zero-order valence-electron chi connectivity index (χ0n) is 12.8. The van der Waals surface area contributed by atoms with Crippen LogP contribution in [0.3, 0.4) is 0 Å². The van der Waals surface area contributed by atoms with E-state index in [4.69, 9.17) is 0 Å². The molecule has 122 valence electrons. The maximum absolute atomic E-state index is 12.4. The van der Waals surface area contributed by atoms with Crippen molar-refractivity contribution in [3.05, 3.63) is 29.3 Å². The Morgan fingerprint density at radius 2 is 2.09 bits per heavy atom. The van der Waals surface area contributed by atoms with Gasteiger partial charge in [-0.1, -0.05) is 12.1 Å². The number of halogens is 3. The second kappa shape index (κ2) is 6.69. The summed E-state index contributed by atoms with van der Waals surface area (Å²) in [6, 6.07) is 5.66. The fourth-order valence-electron chi connectivity index (χ4n) is 2.83. The van der Waals surface area contributed by atoms with Crippen molar-refractivity contribution in [3.63, 3.8) is 0 Å². The molecule has 0 bridgehead atoms. The third-order valence-corrected chi connectivity index (χ3v) is 4.14. The van der Waals surface area contributed by atoms with Gasteiger partial charge in [-0.3, -0.25) is 9.69 Å². The molecule has 1 unspecified atom stereocenters. The van der Waals surface area contributed by atoms with E-state index in [1.807, 2.05) is 32.0 Å². The zero-order valence-corrected chi connectivity index (χ0v) is 12.8. The predicted molar refractivity (Wildman–Crippen MR) is 79.8 cm³/mol. The number of carbonyl (C=O) groups excluding carboxylic acids is 1. The van der Waals surface area contributed by atoms with E-state index in [-0.39, 0.29) is 12.5 Å². The quantitative estimate of drug-likeness (QED) is 0.922. The Bertz CT molecular complexity index is 543. The minimum atomic E-state index is -4.12. The zero-order chi connectivity index (χ0) is 16.3. The molecule has 1 amide bonds. The highest BCUT2D eigenvalue weighted by atomic mass is 19.4. The van der Waals surface area contributed by atoms with Crippen molar-refractivity contribution in [2.45, 2.75) is 32.9 Å². The van der Waals surface area contributed by atoms with Crippen molar-refractivity contribution in [2.75, 3.05) is 25.0 Å². The Balaban J connectivity index is 1.84. The molecule has 1 atom stereocenters. The van der Waals surface area contributed by atoms with Gasteiger partial charge in [-0.2, -0.15) is 13.2 Å². The van der Waals surface area contributed by atoms with Gasteiger partial charge in [0, 0.05) is 18.7 Å². The standard InChI is InChI=1S/C16H21F3N2O/c1-11-4-3-5-14(12(11)2)20-15(22)10-21-7-6-13(9-21)8-16(17,18)19/h3-5,13H,6-10H2,1-2H3,(H,20,22). The molecule has 0 aliphatic carbocycles. The Kier molecular flexibility index (Phi) is 5.11. The molecule has 0 aromatic heterocycles. The maximum atomic E-state index is 12.4. The van der Waals surface area contributed by atoms with Crippen molar-refractivity contribution < 1.29 is 18.0 Å². The summed E-state index contributed by atoms with van der Waals surface area (Å²) in [7, 11) is 0. The first-order valence-electron chi connectivity index (χ1n) is 7.40. The summed E-state index contributed by atoms with van der Waals surface area (Å²) in [5.74, 6) is -0.574. The fourth-order valence-corrected chi connectivity index (χ4v) is 2.83. The molecule has 0 radical (unpaired) electrons. The van der Waals surface area contributed by atoms with Gasteiger partial charge in [0.25, 0.3) is 0 Å². The van der Waals surface area contributed by atoms with E-state index in [1.54, 1.807) is 4.90 Å². The van der Waals surface area contributed by atoms with E-state index >= 15 is 0 Å². The summed E-state index contributed by atoms with van der Waals surface area (Å²) < 4.78 is 37.1. The van der Waals surface area contributed by atoms with Gasteiger partial charge in [0.2, 0.25) is 5.91 Å². The number of amides is 1. The van der Waals surface area contributed by atoms with Gasteiger partial charge < -0.3 is 5.32 Å². The lowest BCUT2D eigenvalue weighted by Gasteiger charge is -2.17. The van der Waals surface area contributed by atoms with Crippen LogP contribution in [0, 0.1) is 19.8 Å². The second-order valence-corrected chi connectivity index (χ2v) is 6.00. The molecule has 0 saturated carbocycles. The smallest absolute Gasteiger partial charge is 0.325 e. The molecule has 1 aliphatic rings. The van der Waals surface area contributed by atoms with Crippen LogP contribution in [-0.2, 0) is 4.79 Å². The van der Waals surface area contributed by atoms with Gasteiger partial charge >= 0.3 is 6.18 Å². The highest BCUT2D eigenvalue weighted by molar-refractivity contribution is 5.93. The number of benzene rings is 1. The molecule has 1 N–H and O–H groups in total. The maximum Gasteiger partial charge on any atom is 0.389 e. The number of hydrogen-bond acceptors (Lipinski definition) is 2. The third-order valence-electron chi connectivity index (χ3n) is 4.14. The van der Waals surface area contributed by atoms with E-state index in [9.17, 15) is 18.0 Å². The van der Waals surface area contributed by atoms with Crippen molar-refractivity contribution in [2.24, 2.45) is 5.92 Å². The Morgan fingerprint density at radius 3 is 2.77 bits per heavy atom. The minimum absolute atomic E-state index is 0.141. The van der Waals surface area contributed by atoms with Gasteiger partial charge in [0.15, 0.2) is 0 Å². The van der Waals surface area contributed by atoms with Gasteiger partial charge in [-0.15, -0.1) is 0 Å². The van der Waals surface area contributed by atoms with Crippen LogP contribution < -0.4 is 5.32 Å². The van der Waals surface area contributed by atoms with Crippen LogP contribution >= 0.6 is 0 Å². The lowest BCUT2D eigenvalue weighted by atomic mass is 10.1. The first-order valence-corrected chi connectivity index (χ1v) is 7.40. The third kappa shape index (κ3) is 4.73. The number of likely N-dealkylation sites (tertiary alicyclic amines) is 1. The summed E-state index contributed by atoms with van der Waals surface area (Å²) in [5.41, 5.74) is 2.85. The molecule has 0 spiro atoms. The normalized spacial score (nSPS) is 19.4. The van der Waals surface area contributed by atoms with Gasteiger partial charge in [0.1, 0.15) is 0 Å². The molecule has 1 aliphatic heterocycles. The molecule has 3 nitrogen and oxygen atoms in total. The molecule has 2 rings (SSSR count). The number of nitrogens with one attached hydrogen (secondary N) is 1.